The Labute approximate surface area is 170 Å². The molecule has 0 aliphatic heterocycles. The van der Waals surface area contributed by atoms with Crippen molar-refractivity contribution in [2.24, 2.45) is 0 Å². The quantitative estimate of drug-likeness (QED) is 0.350. The molecule has 6 nitrogen and oxygen atoms in total. The van der Waals surface area contributed by atoms with Crippen LogP contribution in [0, 0.1) is 17.0 Å². The lowest BCUT2D eigenvalue weighted by molar-refractivity contribution is -0.384. The summed E-state index contributed by atoms with van der Waals surface area (Å²) in [5, 5.41) is 14.5. The fraction of sp³-hybridized carbons (Fsp3) is 0.381. The van der Waals surface area contributed by atoms with Crippen LogP contribution in [0.5, 0.6) is 0 Å². The third kappa shape index (κ3) is 5.48. The third-order valence-electron chi connectivity index (χ3n) is 4.82. The molecule has 0 aromatic heterocycles. The number of anilines is 1. The molecule has 2 rings (SSSR count). The summed E-state index contributed by atoms with van der Waals surface area (Å²) in [6, 6.07) is 11.8. The number of thioether (sulfide) groups is 1. The molecule has 2 amide bonds. The molecule has 150 valence electrons. The van der Waals surface area contributed by atoms with Crippen molar-refractivity contribution in [2.75, 3.05) is 12.4 Å². The summed E-state index contributed by atoms with van der Waals surface area (Å²) in [4.78, 5) is 26.0. The molecule has 28 heavy (non-hydrogen) atoms. The first kappa shape index (κ1) is 21.8. The predicted molar refractivity (Wildman–Crippen MR) is 115 cm³/mol. The summed E-state index contributed by atoms with van der Waals surface area (Å²) in [7, 11) is 1.68. The predicted octanol–water partition coefficient (Wildman–Crippen LogP) is 6.02. The number of amides is 2. The van der Waals surface area contributed by atoms with E-state index in [9.17, 15) is 14.9 Å². The number of hydrogen-bond acceptors (Lipinski definition) is 4. The van der Waals surface area contributed by atoms with E-state index in [2.05, 4.69) is 25.2 Å². The van der Waals surface area contributed by atoms with Crippen LogP contribution in [0.25, 0.3) is 0 Å². The minimum Gasteiger partial charge on any atom is -0.321 e. The van der Waals surface area contributed by atoms with E-state index in [4.69, 9.17) is 0 Å². The smallest absolute Gasteiger partial charge is 0.321 e. The van der Waals surface area contributed by atoms with Crippen LogP contribution in [0.4, 0.5) is 16.2 Å². The van der Waals surface area contributed by atoms with Crippen molar-refractivity contribution in [2.45, 2.75) is 50.3 Å². The number of carbonyl (C=O) groups is 1. The van der Waals surface area contributed by atoms with Crippen molar-refractivity contribution in [3.63, 3.8) is 0 Å². The number of aryl methyl sites for hydroxylation is 1. The molecule has 7 heteroatoms. The van der Waals surface area contributed by atoms with E-state index >= 15 is 0 Å². The average Bonchev–Trinajstić information content (AvgIpc) is 2.68. The zero-order chi connectivity index (χ0) is 20.8. The maximum atomic E-state index is 12.7. The van der Waals surface area contributed by atoms with Crippen LogP contribution in [-0.2, 0) is 0 Å². The SMILES string of the molecule is CCC(C)Sc1ccc(NC(=O)N(C)C(C)c2cccc([N+](=O)[O-])c2)c(C)c1. The first-order chi connectivity index (χ1) is 13.2. The Bertz CT molecular complexity index is 857. The highest BCUT2D eigenvalue weighted by Gasteiger charge is 2.20. The van der Waals surface area contributed by atoms with Crippen LogP contribution in [-0.4, -0.2) is 28.2 Å². The van der Waals surface area contributed by atoms with E-state index in [1.165, 1.54) is 17.0 Å². The first-order valence-electron chi connectivity index (χ1n) is 9.28. The summed E-state index contributed by atoms with van der Waals surface area (Å²) in [5.74, 6) is 0. The molecule has 2 atom stereocenters. The van der Waals surface area contributed by atoms with E-state index in [1.807, 2.05) is 37.7 Å². The molecule has 0 heterocycles. The molecule has 0 radical (unpaired) electrons. The number of rotatable bonds is 7. The molecule has 0 saturated carbocycles. The van der Waals surface area contributed by atoms with Gasteiger partial charge in [0.05, 0.1) is 11.0 Å². The van der Waals surface area contributed by atoms with Crippen LogP contribution < -0.4 is 5.32 Å². The summed E-state index contributed by atoms with van der Waals surface area (Å²) < 4.78 is 0. The molecule has 2 aromatic rings. The molecule has 0 spiro atoms. The number of urea groups is 1. The van der Waals surface area contributed by atoms with Gasteiger partial charge in [0.2, 0.25) is 0 Å². The highest BCUT2D eigenvalue weighted by molar-refractivity contribution is 7.99. The van der Waals surface area contributed by atoms with Gasteiger partial charge in [0, 0.05) is 35.0 Å². The minimum atomic E-state index is -0.432. The van der Waals surface area contributed by atoms with Gasteiger partial charge in [-0.15, -0.1) is 11.8 Å². The van der Waals surface area contributed by atoms with Gasteiger partial charge in [-0.3, -0.25) is 10.1 Å². The number of nitro benzene ring substituents is 1. The number of nitro groups is 1. The Morgan fingerprint density at radius 2 is 1.96 bits per heavy atom. The van der Waals surface area contributed by atoms with Gasteiger partial charge in [0.25, 0.3) is 5.69 Å². The molecule has 0 aliphatic rings. The summed E-state index contributed by atoms with van der Waals surface area (Å²) >= 11 is 1.82. The Morgan fingerprint density at radius 3 is 2.57 bits per heavy atom. The van der Waals surface area contributed by atoms with Gasteiger partial charge < -0.3 is 10.2 Å². The number of benzene rings is 2. The Kier molecular flexibility index (Phi) is 7.45. The number of non-ortho nitro benzene ring substituents is 1. The lowest BCUT2D eigenvalue weighted by Crippen LogP contribution is -2.33. The summed E-state index contributed by atoms with van der Waals surface area (Å²) in [6.07, 6.45) is 1.10. The standard InChI is InChI=1S/C21H27N3O3S/c1-6-15(3)28-19-10-11-20(14(2)12-19)22-21(25)23(5)16(4)17-8-7-9-18(13-17)24(26)27/h7-13,15-16H,6H2,1-5H3,(H,22,25). The largest absolute Gasteiger partial charge is 0.322 e. The van der Waals surface area contributed by atoms with Crippen LogP contribution in [0.2, 0.25) is 0 Å². The summed E-state index contributed by atoms with van der Waals surface area (Å²) in [6.45, 7) is 8.18. The van der Waals surface area contributed by atoms with Gasteiger partial charge in [0.15, 0.2) is 0 Å². The van der Waals surface area contributed by atoms with E-state index < -0.39 is 4.92 Å². The van der Waals surface area contributed by atoms with Crippen LogP contribution in [0.15, 0.2) is 47.4 Å². The second-order valence-corrected chi connectivity index (χ2v) is 8.39. The topological polar surface area (TPSA) is 75.5 Å². The minimum absolute atomic E-state index is 0.0170. The van der Waals surface area contributed by atoms with Crippen molar-refractivity contribution >= 4 is 29.2 Å². The zero-order valence-corrected chi connectivity index (χ0v) is 17.7. The number of hydrogen-bond donors (Lipinski definition) is 1. The molecule has 0 saturated heterocycles. The van der Waals surface area contributed by atoms with Gasteiger partial charge in [0.1, 0.15) is 0 Å². The average molecular weight is 402 g/mol. The Morgan fingerprint density at radius 1 is 1.25 bits per heavy atom. The summed E-state index contributed by atoms with van der Waals surface area (Å²) in [5.41, 5.74) is 2.49. The van der Waals surface area contributed by atoms with Crippen LogP contribution in [0.1, 0.15) is 44.4 Å². The van der Waals surface area contributed by atoms with Crippen molar-refractivity contribution in [3.05, 3.63) is 63.7 Å². The Hall–Kier alpha value is -2.54. The third-order valence-corrected chi connectivity index (χ3v) is 6.08. The monoisotopic (exact) mass is 401 g/mol. The molecular formula is C21H27N3O3S. The first-order valence-corrected chi connectivity index (χ1v) is 10.2. The number of carbonyl (C=O) groups excluding carboxylic acids is 1. The van der Waals surface area contributed by atoms with Crippen LogP contribution in [0.3, 0.4) is 0 Å². The van der Waals surface area contributed by atoms with E-state index in [-0.39, 0.29) is 17.8 Å². The highest BCUT2D eigenvalue weighted by Crippen LogP contribution is 2.29. The number of nitrogens with zero attached hydrogens (tertiary/aromatic N) is 2. The second kappa shape index (κ2) is 9.59. The highest BCUT2D eigenvalue weighted by atomic mass is 32.2. The molecule has 2 aromatic carbocycles. The molecule has 0 bridgehead atoms. The number of nitrogens with one attached hydrogen (secondary N) is 1. The van der Waals surface area contributed by atoms with Gasteiger partial charge in [-0.2, -0.15) is 0 Å². The van der Waals surface area contributed by atoms with Crippen molar-refractivity contribution < 1.29 is 9.72 Å². The van der Waals surface area contributed by atoms with Gasteiger partial charge in [-0.1, -0.05) is 26.0 Å². The van der Waals surface area contributed by atoms with E-state index in [0.717, 1.165) is 17.7 Å². The van der Waals surface area contributed by atoms with Crippen molar-refractivity contribution in [1.82, 2.24) is 4.90 Å². The van der Waals surface area contributed by atoms with Crippen LogP contribution >= 0.6 is 11.8 Å². The lowest BCUT2D eigenvalue weighted by Gasteiger charge is -2.26. The molecular weight excluding hydrogens is 374 g/mol. The molecule has 0 fully saturated rings. The van der Waals surface area contributed by atoms with Gasteiger partial charge in [-0.25, -0.2) is 4.79 Å². The lowest BCUT2D eigenvalue weighted by atomic mass is 10.1. The molecule has 1 N–H and O–H groups in total. The van der Waals surface area contributed by atoms with Crippen molar-refractivity contribution in [3.8, 4) is 0 Å². The van der Waals surface area contributed by atoms with Crippen molar-refractivity contribution in [1.29, 1.82) is 0 Å². The zero-order valence-electron chi connectivity index (χ0n) is 16.9. The maximum Gasteiger partial charge on any atom is 0.322 e. The second-order valence-electron chi connectivity index (χ2n) is 6.88. The Balaban J connectivity index is 2.09. The van der Waals surface area contributed by atoms with E-state index in [1.54, 1.807) is 24.1 Å². The van der Waals surface area contributed by atoms with Gasteiger partial charge >= 0.3 is 6.03 Å². The van der Waals surface area contributed by atoms with Gasteiger partial charge in [-0.05, 0) is 49.6 Å². The molecule has 0 aliphatic carbocycles. The van der Waals surface area contributed by atoms with E-state index in [0.29, 0.717) is 10.8 Å². The normalized spacial score (nSPS) is 12.9. The molecule has 2 unspecified atom stereocenters. The fourth-order valence-corrected chi connectivity index (χ4v) is 3.69. The fourth-order valence-electron chi connectivity index (χ4n) is 2.67. The maximum absolute atomic E-state index is 12.7.